The maximum Gasteiger partial charge on any atom is 0.0702 e. The molecule has 100 valence electrons. The Hall–Kier alpha value is -0.120. The van der Waals surface area contributed by atoms with E-state index in [-0.39, 0.29) is 5.54 Å². The quantitative estimate of drug-likeness (QED) is 0.817. The van der Waals surface area contributed by atoms with E-state index >= 15 is 0 Å². The van der Waals surface area contributed by atoms with Crippen LogP contribution in [0.5, 0.6) is 0 Å². The molecule has 1 saturated heterocycles. The van der Waals surface area contributed by atoms with Crippen LogP contribution >= 0.6 is 0 Å². The first kappa shape index (κ1) is 13.3. The zero-order valence-electron chi connectivity index (χ0n) is 11.5. The van der Waals surface area contributed by atoms with E-state index in [4.69, 9.17) is 10.5 Å². The van der Waals surface area contributed by atoms with Crippen molar-refractivity contribution >= 4 is 0 Å². The molecule has 0 spiro atoms. The smallest absolute Gasteiger partial charge is 0.0702 e. The van der Waals surface area contributed by atoms with Gasteiger partial charge in [-0.25, -0.2) is 0 Å². The van der Waals surface area contributed by atoms with Crippen molar-refractivity contribution in [2.24, 2.45) is 11.7 Å². The van der Waals surface area contributed by atoms with Gasteiger partial charge < -0.3 is 10.5 Å². The molecule has 1 atom stereocenters. The molecule has 1 heterocycles. The van der Waals surface area contributed by atoms with Gasteiger partial charge in [0.15, 0.2) is 0 Å². The first-order chi connectivity index (χ1) is 8.16. The lowest BCUT2D eigenvalue weighted by Gasteiger charge is -2.46. The van der Waals surface area contributed by atoms with Gasteiger partial charge in [0.25, 0.3) is 0 Å². The summed E-state index contributed by atoms with van der Waals surface area (Å²) in [5.41, 5.74) is 6.32. The minimum absolute atomic E-state index is 0.248. The van der Waals surface area contributed by atoms with Gasteiger partial charge in [-0.1, -0.05) is 6.92 Å². The molecule has 2 fully saturated rings. The number of rotatable bonds is 4. The van der Waals surface area contributed by atoms with Gasteiger partial charge in [0.05, 0.1) is 6.10 Å². The zero-order chi connectivity index (χ0) is 12.3. The second kappa shape index (κ2) is 5.68. The Morgan fingerprint density at radius 2 is 2.00 bits per heavy atom. The molecule has 1 saturated carbocycles. The molecule has 2 aliphatic rings. The van der Waals surface area contributed by atoms with Gasteiger partial charge in [0.1, 0.15) is 0 Å². The zero-order valence-corrected chi connectivity index (χ0v) is 11.5. The Balaban J connectivity index is 1.91. The van der Waals surface area contributed by atoms with Crippen LogP contribution in [-0.4, -0.2) is 43.3 Å². The summed E-state index contributed by atoms with van der Waals surface area (Å²) in [5, 5.41) is 0. The van der Waals surface area contributed by atoms with Crippen LogP contribution in [0.15, 0.2) is 0 Å². The van der Waals surface area contributed by atoms with Gasteiger partial charge in [0.2, 0.25) is 0 Å². The SMILES string of the molecule is CC1CCC(CN)(N(C)CC2CCCO2)CC1. The highest BCUT2D eigenvalue weighted by Gasteiger charge is 2.37. The lowest BCUT2D eigenvalue weighted by Crippen LogP contribution is -2.55. The van der Waals surface area contributed by atoms with Crippen LogP contribution in [0.25, 0.3) is 0 Å². The van der Waals surface area contributed by atoms with Crippen LogP contribution in [-0.2, 0) is 4.74 Å². The lowest BCUT2D eigenvalue weighted by molar-refractivity contribution is 0.0142. The fourth-order valence-electron chi connectivity index (χ4n) is 3.33. The average Bonchev–Trinajstić information content (AvgIpc) is 2.83. The first-order valence-electron chi connectivity index (χ1n) is 7.19. The van der Waals surface area contributed by atoms with E-state index < -0.39 is 0 Å². The van der Waals surface area contributed by atoms with Crippen LogP contribution in [0.4, 0.5) is 0 Å². The molecular weight excluding hydrogens is 212 g/mol. The topological polar surface area (TPSA) is 38.5 Å². The maximum absolute atomic E-state index is 6.08. The molecule has 0 radical (unpaired) electrons. The second-order valence-electron chi connectivity index (χ2n) is 6.13. The highest BCUT2D eigenvalue weighted by atomic mass is 16.5. The Labute approximate surface area is 106 Å². The molecule has 0 aromatic heterocycles. The van der Waals surface area contributed by atoms with Crippen molar-refractivity contribution in [1.82, 2.24) is 4.90 Å². The van der Waals surface area contributed by atoms with Crippen molar-refractivity contribution in [3.63, 3.8) is 0 Å². The van der Waals surface area contributed by atoms with E-state index in [1.54, 1.807) is 0 Å². The highest BCUT2D eigenvalue weighted by molar-refractivity contribution is 4.95. The van der Waals surface area contributed by atoms with Crippen molar-refractivity contribution < 1.29 is 4.74 Å². The largest absolute Gasteiger partial charge is 0.377 e. The molecule has 0 amide bonds. The van der Waals surface area contributed by atoms with Gasteiger partial charge in [-0.3, -0.25) is 4.90 Å². The average molecular weight is 240 g/mol. The highest BCUT2D eigenvalue weighted by Crippen LogP contribution is 2.35. The fourth-order valence-corrected chi connectivity index (χ4v) is 3.33. The van der Waals surface area contributed by atoms with Crippen LogP contribution in [0.1, 0.15) is 45.4 Å². The Bertz CT molecular complexity index is 230. The summed E-state index contributed by atoms with van der Waals surface area (Å²) in [6.45, 7) is 5.17. The minimum atomic E-state index is 0.248. The number of hydrogen-bond donors (Lipinski definition) is 1. The molecule has 3 nitrogen and oxygen atoms in total. The van der Waals surface area contributed by atoms with Gasteiger partial charge in [0, 0.05) is 25.2 Å². The molecular formula is C14H28N2O. The molecule has 2 N–H and O–H groups in total. The maximum atomic E-state index is 6.08. The van der Waals surface area contributed by atoms with Gasteiger partial charge in [-0.05, 0) is 51.5 Å². The fraction of sp³-hybridized carbons (Fsp3) is 1.00. The summed E-state index contributed by atoms with van der Waals surface area (Å²) in [7, 11) is 2.24. The Kier molecular flexibility index (Phi) is 4.45. The molecule has 1 unspecified atom stereocenters. The van der Waals surface area contributed by atoms with Crippen LogP contribution < -0.4 is 5.73 Å². The standard InChI is InChI=1S/C14H28N2O/c1-12-5-7-14(11-15,8-6-12)16(2)10-13-4-3-9-17-13/h12-13H,3-11,15H2,1-2H3. The van der Waals surface area contributed by atoms with Crippen molar-refractivity contribution in [3.05, 3.63) is 0 Å². The third kappa shape index (κ3) is 3.01. The predicted molar refractivity (Wildman–Crippen MR) is 71.0 cm³/mol. The summed E-state index contributed by atoms with van der Waals surface area (Å²) < 4.78 is 5.74. The lowest BCUT2D eigenvalue weighted by atomic mass is 9.76. The summed E-state index contributed by atoms with van der Waals surface area (Å²) >= 11 is 0. The monoisotopic (exact) mass is 240 g/mol. The van der Waals surface area contributed by atoms with Crippen LogP contribution in [0.2, 0.25) is 0 Å². The second-order valence-corrected chi connectivity index (χ2v) is 6.13. The molecule has 0 bridgehead atoms. The van der Waals surface area contributed by atoms with E-state index in [1.807, 2.05) is 0 Å². The molecule has 17 heavy (non-hydrogen) atoms. The molecule has 0 aromatic carbocycles. The Morgan fingerprint density at radius 3 is 2.53 bits per heavy atom. The number of nitrogens with zero attached hydrogens (tertiary/aromatic N) is 1. The summed E-state index contributed by atoms with van der Waals surface area (Å²) in [5.74, 6) is 0.880. The van der Waals surface area contributed by atoms with Crippen molar-refractivity contribution in [2.45, 2.75) is 57.1 Å². The van der Waals surface area contributed by atoms with Crippen molar-refractivity contribution in [3.8, 4) is 0 Å². The van der Waals surface area contributed by atoms with E-state index in [0.717, 1.165) is 25.6 Å². The number of ether oxygens (including phenoxy) is 1. The van der Waals surface area contributed by atoms with Crippen molar-refractivity contribution in [2.75, 3.05) is 26.7 Å². The van der Waals surface area contributed by atoms with Gasteiger partial charge >= 0.3 is 0 Å². The third-order valence-corrected chi connectivity index (χ3v) is 4.90. The molecule has 3 heteroatoms. The van der Waals surface area contributed by atoms with Crippen molar-refractivity contribution in [1.29, 1.82) is 0 Å². The minimum Gasteiger partial charge on any atom is -0.377 e. The molecule has 1 aliphatic heterocycles. The summed E-state index contributed by atoms with van der Waals surface area (Å²) in [6, 6.07) is 0. The first-order valence-corrected chi connectivity index (χ1v) is 7.19. The number of likely N-dealkylation sites (N-methyl/N-ethyl adjacent to an activating group) is 1. The molecule has 0 aromatic rings. The summed E-state index contributed by atoms with van der Waals surface area (Å²) in [4.78, 5) is 2.49. The van der Waals surface area contributed by atoms with Gasteiger partial charge in [-0.2, -0.15) is 0 Å². The normalized spacial score (nSPS) is 38.8. The number of nitrogens with two attached hydrogens (primary N) is 1. The van der Waals surface area contributed by atoms with Crippen LogP contribution in [0.3, 0.4) is 0 Å². The molecule has 2 rings (SSSR count). The third-order valence-electron chi connectivity index (χ3n) is 4.90. The predicted octanol–water partition coefficient (Wildman–Crippen LogP) is 2.00. The number of hydrogen-bond acceptors (Lipinski definition) is 3. The Morgan fingerprint density at radius 1 is 1.29 bits per heavy atom. The molecule has 1 aliphatic carbocycles. The van der Waals surface area contributed by atoms with E-state index in [9.17, 15) is 0 Å². The van der Waals surface area contributed by atoms with Gasteiger partial charge in [-0.15, -0.1) is 0 Å². The van der Waals surface area contributed by atoms with E-state index in [1.165, 1.54) is 38.5 Å². The van der Waals surface area contributed by atoms with Crippen LogP contribution in [0, 0.1) is 5.92 Å². The van der Waals surface area contributed by atoms with E-state index in [2.05, 4.69) is 18.9 Å². The van der Waals surface area contributed by atoms with E-state index in [0.29, 0.717) is 6.10 Å². The summed E-state index contributed by atoms with van der Waals surface area (Å²) in [6.07, 6.45) is 8.07.